The van der Waals surface area contributed by atoms with E-state index in [0.29, 0.717) is 15.6 Å². The molecule has 82 valence electrons. The van der Waals surface area contributed by atoms with Crippen LogP contribution in [0.2, 0.25) is 0 Å². The fraction of sp³-hybridized carbons (Fsp3) is 0.111. The molecule has 0 spiro atoms. The van der Waals surface area contributed by atoms with Gasteiger partial charge in [0.25, 0.3) is 11.6 Å². The van der Waals surface area contributed by atoms with Crippen LogP contribution in [-0.4, -0.2) is 27.6 Å². The number of non-ortho nitro benzene ring substituents is 1. The van der Waals surface area contributed by atoms with Gasteiger partial charge in [-0.1, -0.05) is 0 Å². The van der Waals surface area contributed by atoms with Crippen LogP contribution < -0.4 is 10.6 Å². The normalized spacial score (nSPS) is 14.6. The average Bonchev–Trinajstić information content (AvgIpc) is 2.32. The standard InChI is InChI=1S/C9H7N3O4/c13-9-5-11(14)4-6-3-7(12(15)16)1-2-8(6)10-9/h1-4,14H,5H2. The first-order valence-electron chi connectivity index (χ1n) is 4.39. The van der Waals surface area contributed by atoms with E-state index in [1.54, 1.807) is 0 Å². The molecule has 1 aromatic carbocycles. The number of nitro benzene ring substituents is 1. The van der Waals surface area contributed by atoms with Crippen molar-refractivity contribution in [3.05, 3.63) is 38.9 Å². The fourth-order valence-corrected chi connectivity index (χ4v) is 1.38. The molecule has 7 nitrogen and oxygen atoms in total. The van der Waals surface area contributed by atoms with Crippen molar-refractivity contribution in [1.82, 2.24) is 5.06 Å². The number of benzene rings is 1. The molecule has 1 N–H and O–H groups in total. The lowest BCUT2D eigenvalue weighted by molar-refractivity contribution is -0.385. The summed E-state index contributed by atoms with van der Waals surface area (Å²) < 4.78 is 0. The van der Waals surface area contributed by atoms with Gasteiger partial charge in [0.2, 0.25) is 0 Å². The van der Waals surface area contributed by atoms with Crippen LogP contribution in [-0.2, 0) is 4.79 Å². The van der Waals surface area contributed by atoms with Crippen molar-refractivity contribution >= 4 is 17.8 Å². The molecule has 0 atom stereocenters. The maximum absolute atomic E-state index is 11.2. The van der Waals surface area contributed by atoms with Gasteiger partial charge in [0, 0.05) is 23.6 Å². The molecule has 0 unspecified atom stereocenters. The molecule has 0 fully saturated rings. The Hall–Kier alpha value is -2.28. The lowest BCUT2D eigenvalue weighted by Gasteiger charge is -2.05. The summed E-state index contributed by atoms with van der Waals surface area (Å²) in [4.78, 5) is 24.8. The summed E-state index contributed by atoms with van der Waals surface area (Å²) in [6.07, 6.45) is 1.23. The Labute approximate surface area is 89.0 Å². The Morgan fingerprint density at radius 2 is 2.25 bits per heavy atom. The van der Waals surface area contributed by atoms with Gasteiger partial charge in [0.05, 0.1) is 10.3 Å². The maximum Gasteiger partial charge on any atom is 0.270 e. The number of rotatable bonds is 1. The van der Waals surface area contributed by atoms with Gasteiger partial charge in [-0.15, -0.1) is 0 Å². The summed E-state index contributed by atoms with van der Waals surface area (Å²) in [5.41, 5.74) is -0.118. The lowest BCUT2D eigenvalue weighted by atomic mass is 10.2. The number of carbonyl (C=O) groups excluding carboxylic acids is 1. The molecule has 1 aliphatic heterocycles. The van der Waals surface area contributed by atoms with Crippen molar-refractivity contribution in [1.29, 1.82) is 0 Å². The first-order chi connectivity index (χ1) is 7.56. The summed E-state index contributed by atoms with van der Waals surface area (Å²) in [5.74, 6) is -0.508. The number of nitro groups is 1. The number of hydroxylamine groups is 2. The van der Waals surface area contributed by atoms with Gasteiger partial charge in [0.1, 0.15) is 6.54 Å². The number of carbonyl (C=O) groups is 1. The van der Waals surface area contributed by atoms with Crippen LogP contribution in [0, 0.1) is 10.1 Å². The van der Waals surface area contributed by atoms with Gasteiger partial charge in [-0.2, -0.15) is 0 Å². The first kappa shape index (κ1) is 10.2. The monoisotopic (exact) mass is 221 g/mol. The van der Waals surface area contributed by atoms with Crippen LogP contribution in [0.4, 0.5) is 5.69 Å². The van der Waals surface area contributed by atoms with Crippen molar-refractivity contribution in [2.24, 2.45) is 4.99 Å². The predicted molar refractivity (Wildman–Crippen MR) is 51.8 cm³/mol. The van der Waals surface area contributed by atoms with E-state index in [9.17, 15) is 20.1 Å². The minimum atomic E-state index is -0.553. The summed E-state index contributed by atoms with van der Waals surface area (Å²) >= 11 is 0. The van der Waals surface area contributed by atoms with Crippen molar-refractivity contribution in [2.75, 3.05) is 6.54 Å². The van der Waals surface area contributed by atoms with E-state index in [4.69, 9.17) is 0 Å². The second-order valence-corrected chi connectivity index (χ2v) is 3.23. The fourth-order valence-electron chi connectivity index (χ4n) is 1.38. The van der Waals surface area contributed by atoms with E-state index in [0.717, 1.165) is 0 Å². The molecular weight excluding hydrogens is 214 g/mol. The van der Waals surface area contributed by atoms with Gasteiger partial charge >= 0.3 is 0 Å². The highest BCUT2D eigenvalue weighted by Crippen LogP contribution is 2.03. The molecule has 0 saturated carbocycles. The van der Waals surface area contributed by atoms with Gasteiger partial charge in [-0.25, -0.2) is 4.99 Å². The molecule has 1 heterocycles. The third-order valence-corrected chi connectivity index (χ3v) is 2.05. The van der Waals surface area contributed by atoms with Gasteiger partial charge in [0.15, 0.2) is 0 Å². The molecule has 0 radical (unpaired) electrons. The first-order valence-corrected chi connectivity index (χ1v) is 4.39. The Balaban J connectivity index is 2.70. The molecule has 16 heavy (non-hydrogen) atoms. The minimum absolute atomic E-state index is 0.118. The summed E-state index contributed by atoms with van der Waals surface area (Å²) in [6, 6.07) is 3.89. The summed E-state index contributed by atoms with van der Waals surface area (Å²) in [5, 5.41) is 21.1. The van der Waals surface area contributed by atoms with E-state index in [1.165, 1.54) is 24.4 Å². The number of nitrogens with zero attached hydrogens (tertiary/aromatic N) is 3. The third kappa shape index (κ3) is 1.89. The van der Waals surface area contributed by atoms with E-state index >= 15 is 0 Å². The summed E-state index contributed by atoms with van der Waals surface area (Å²) in [6.45, 7) is -0.261. The zero-order chi connectivity index (χ0) is 11.7. The van der Waals surface area contributed by atoms with Crippen molar-refractivity contribution in [3.63, 3.8) is 0 Å². The molecular formula is C9H7N3O4. The average molecular weight is 221 g/mol. The van der Waals surface area contributed by atoms with Crippen LogP contribution in [0.25, 0.3) is 6.20 Å². The van der Waals surface area contributed by atoms with E-state index in [1.807, 2.05) is 0 Å². The smallest absolute Gasteiger partial charge is 0.270 e. The molecule has 7 heteroatoms. The number of amides is 1. The Morgan fingerprint density at radius 3 is 2.94 bits per heavy atom. The highest BCUT2D eigenvalue weighted by atomic mass is 16.6. The van der Waals surface area contributed by atoms with Crippen LogP contribution in [0.3, 0.4) is 0 Å². The van der Waals surface area contributed by atoms with Crippen molar-refractivity contribution in [3.8, 4) is 0 Å². The molecule has 0 saturated heterocycles. The molecule has 1 aromatic rings. The molecule has 0 aliphatic carbocycles. The second kappa shape index (κ2) is 3.70. The van der Waals surface area contributed by atoms with Crippen molar-refractivity contribution in [2.45, 2.75) is 0 Å². The Morgan fingerprint density at radius 1 is 1.50 bits per heavy atom. The Bertz CT molecular complexity index is 581. The topological polar surface area (TPSA) is 96.0 Å². The predicted octanol–water partition coefficient (Wildman–Crippen LogP) is -0.816. The van der Waals surface area contributed by atoms with Crippen LogP contribution in [0.5, 0.6) is 0 Å². The maximum atomic E-state index is 11.2. The van der Waals surface area contributed by atoms with Crippen LogP contribution in [0.15, 0.2) is 23.2 Å². The van der Waals surface area contributed by atoms with Gasteiger partial charge in [-0.3, -0.25) is 25.2 Å². The molecule has 0 bridgehead atoms. The quantitative estimate of drug-likeness (QED) is 0.494. The largest absolute Gasteiger partial charge is 0.288 e. The zero-order valence-electron chi connectivity index (χ0n) is 8.03. The number of hydrogen-bond donors (Lipinski definition) is 1. The highest BCUT2D eigenvalue weighted by Gasteiger charge is 2.10. The molecule has 0 aromatic heterocycles. The van der Waals surface area contributed by atoms with E-state index in [2.05, 4.69) is 4.99 Å². The van der Waals surface area contributed by atoms with Crippen LogP contribution >= 0.6 is 0 Å². The highest BCUT2D eigenvalue weighted by molar-refractivity contribution is 5.79. The Kier molecular flexibility index (Phi) is 2.37. The lowest BCUT2D eigenvalue weighted by Crippen LogP contribution is -2.26. The molecule has 2 rings (SSSR count). The summed E-state index contributed by atoms with van der Waals surface area (Å²) in [7, 11) is 0. The van der Waals surface area contributed by atoms with Gasteiger partial charge < -0.3 is 0 Å². The molecule has 1 amide bonds. The SMILES string of the molecule is O=C1CN(O)C=c2cc([N+](=O)[O-])ccc2=N1. The number of hydrogen-bond acceptors (Lipinski definition) is 5. The third-order valence-electron chi connectivity index (χ3n) is 2.05. The van der Waals surface area contributed by atoms with E-state index in [-0.39, 0.29) is 12.2 Å². The van der Waals surface area contributed by atoms with Gasteiger partial charge in [-0.05, 0) is 6.07 Å². The van der Waals surface area contributed by atoms with Crippen molar-refractivity contribution < 1.29 is 14.9 Å². The molecule has 1 aliphatic rings. The zero-order valence-corrected chi connectivity index (χ0v) is 8.03. The van der Waals surface area contributed by atoms with Crippen LogP contribution in [0.1, 0.15) is 0 Å². The van der Waals surface area contributed by atoms with E-state index < -0.39 is 10.8 Å². The number of fused-ring (bicyclic) bond motifs is 1. The minimum Gasteiger partial charge on any atom is -0.288 e. The second-order valence-electron chi connectivity index (χ2n) is 3.23.